The van der Waals surface area contributed by atoms with Gasteiger partial charge in [-0.25, -0.2) is 4.68 Å². The average molecular weight is 328 g/mol. The van der Waals surface area contributed by atoms with Crippen LogP contribution in [0.5, 0.6) is 0 Å². The van der Waals surface area contributed by atoms with Crippen molar-refractivity contribution in [1.82, 2.24) is 9.78 Å². The van der Waals surface area contributed by atoms with E-state index in [0.717, 1.165) is 5.69 Å². The first-order chi connectivity index (χ1) is 8.63. The Hall–Kier alpha value is -1.14. The monoisotopic (exact) mass is 327 g/mol. The number of anilines is 1. The number of halogens is 1. The fraction of sp³-hybridized carbons (Fsp3) is 0.333. The van der Waals surface area contributed by atoms with Crippen LogP contribution in [0.2, 0.25) is 0 Å². The van der Waals surface area contributed by atoms with Gasteiger partial charge in [-0.3, -0.25) is 4.79 Å². The Morgan fingerprint density at radius 3 is 3.00 bits per heavy atom. The molecule has 0 radical (unpaired) electrons. The van der Waals surface area contributed by atoms with Gasteiger partial charge in [-0.2, -0.15) is 16.4 Å². The molecule has 0 amide bonds. The van der Waals surface area contributed by atoms with Crippen molar-refractivity contribution in [3.8, 4) is 0 Å². The fourth-order valence-electron chi connectivity index (χ4n) is 1.63. The van der Waals surface area contributed by atoms with E-state index in [1.807, 2.05) is 12.3 Å². The summed E-state index contributed by atoms with van der Waals surface area (Å²) >= 11 is 4.99. The van der Waals surface area contributed by atoms with E-state index in [1.165, 1.54) is 10.2 Å². The van der Waals surface area contributed by atoms with E-state index in [1.54, 1.807) is 17.5 Å². The molecule has 1 unspecified atom stereocenters. The molecule has 0 fully saturated rings. The lowest BCUT2D eigenvalue weighted by Gasteiger charge is -2.15. The van der Waals surface area contributed by atoms with Gasteiger partial charge in [0.2, 0.25) is 0 Å². The van der Waals surface area contributed by atoms with Crippen LogP contribution in [-0.4, -0.2) is 9.78 Å². The van der Waals surface area contributed by atoms with Crippen molar-refractivity contribution in [1.29, 1.82) is 0 Å². The molecule has 96 valence electrons. The molecule has 1 atom stereocenters. The van der Waals surface area contributed by atoms with Gasteiger partial charge in [-0.15, -0.1) is 0 Å². The molecule has 18 heavy (non-hydrogen) atoms. The SMILES string of the molecule is CCn1ncc(NC(C)c2ccsc2)c(Br)c1=O. The van der Waals surface area contributed by atoms with Crippen molar-refractivity contribution in [2.75, 3.05) is 5.32 Å². The van der Waals surface area contributed by atoms with E-state index in [-0.39, 0.29) is 11.6 Å². The van der Waals surface area contributed by atoms with Gasteiger partial charge in [0.05, 0.1) is 11.9 Å². The minimum absolute atomic E-state index is 0.111. The average Bonchev–Trinajstić information content (AvgIpc) is 2.89. The first-order valence-electron chi connectivity index (χ1n) is 5.67. The zero-order valence-electron chi connectivity index (χ0n) is 10.2. The molecular weight excluding hydrogens is 314 g/mol. The highest BCUT2D eigenvalue weighted by atomic mass is 79.9. The molecule has 0 aromatic carbocycles. The molecule has 2 rings (SSSR count). The van der Waals surface area contributed by atoms with Crippen LogP contribution >= 0.6 is 27.3 Å². The van der Waals surface area contributed by atoms with E-state index in [9.17, 15) is 4.79 Å². The van der Waals surface area contributed by atoms with Crippen molar-refractivity contribution in [2.24, 2.45) is 0 Å². The summed E-state index contributed by atoms with van der Waals surface area (Å²) in [6, 6.07) is 2.21. The highest BCUT2D eigenvalue weighted by Crippen LogP contribution is 2.24. The highest BCUT2D eigenvalue weighted by Gasteiger charge is 2.11. The number of aryl methyl sites for hydroxylation is 1. The summed E-state index contributed by atoms with van der Waals surface area (Å²) in [6.07, 6.45) is 1.68. The van der Waals surface area contributed by atoms with Gasteiger partial charge in [0.15, 0.2) is 0 Å². The quantitative estimate of drug-likeness (QED) is 0.937. The Morgan fingerprint density at radius 2 is 2.39 bits per heavy atom. The molecule has 1 N–H and O–H groups in total. The molecule has 0 aliphatic heterocycles. The predicted molar refractivity (Wildman–Crippen MR) is 78.2 cm³/mol. The molecule has 2 heterocycles. The molecule has 6 heteroatoms. The second-order valence-electron chi connectivity index (χ2n) is 3.92. The Labute approximate surface area is 118 Å². The highest BCUT2D eigenvalue weighted by molar-refractivity contribution is 9.10. The van der Waals surface area contributed by atoms with Gasteiger partial charge in [0.1, 0.15) is 4.47 Å². The zero-order valence-corrected chi connectivity index (χ0v) is 12.6. The van der Waals surface area contributed by atoms with Gasteiger partial charge < -0.3 is 5.32 Å². The molecule has 0 spiro atoms. The summed E-state index contributed by atoms with van der Waals surface area (Å²) < 4.78 is 1.95. The largest absolute Gasteiger partial charge is 0.376 e. The second-order valence-corrected chi connectivity index (χ2v) is 5.49. The van der Waals surface area contributed by atoms with Gasteiger partial charge >= 0.3 is 0 Å². The third-order valence-corrected chi connectivity index (χ3v) is 4.17. The van der Waals surface area contributed by atoms with E-state index in [0.29, 0.717) is 11.0 Å². The summed E-state index contributed by atoms with van der Waals surface area (Å²) in [6.45, 7) is 4.51. The molecule has 0 saturated heterocycles. The zero-order chi connectivity index (χ0) is 13.1. The Kier molecular flexibility index (Phi) is 4.19. The number of nitrogens with one attached hydrogen (secondary N) is 1. The van der Waals surface area contributed by atoms with Gasteiger partial charge in [-0.05, 0) is 52.2 Å². The van der Waals surface area contributed by atoms with Crippen LogP contribution in [0.4, 0.5) is 5.69 Å². The third-order valence-electron chi connectivity index (χ3n) is 2.70. The lowest BCUT2D eigenvalue weighted by Crippen LogP contribution is -2.24. The van der Waals surface area contributed by atoms with Crippen molar-refractivity contribution in [3.63, 3.8) is 0 Å². The normalized spacial score (nSPS) is 12.4. The standard InChI is InChI=1S/C12H14BrN3OS/c1-3-16-12(17)11(13)10(6-14-16)15-8(2)9-4-5-18-7-9/h4-8,15H,3H2,1-2H3. The molecule has 0 aliphatic rings. The number of nitrogens with zero attached hydrogens (tertiary/aromatic N) is 2. The van der Waals surface area contributed by atoms with E-state index < -0.39 is 0 Å². The molecule has 2 aromatic rings. The van der Waals surface area contributed by atoms with Crippen LogP contribution in [-0.2, 0) is 6.54 Å². The van der Waals surface area contributed by atoms with Crippen molar-refractivity contribution >= 4 is 33.0 Å². The van der Waals surface area contributed by atoms with E-state index >= 15 is 0 Å². The third kappa shape index (κ3) is 2.64. The summed E-state index contributed by atoms with van der Waals surface area (Å²) in [4.78, 5) is 11.9. The summed E-state index contributed by atoms with van der Waals surface area (Å²) in [5.41, 5.74) is 1.81. The van der Waals surface area contributed by atoms with Crippen LogP contribution in [0.3, 0.4) is 0 Å². The van der Waals surface area contributed by atoms with Crippen molar-refractivity contribution in [2.45, 2.75) is 26.4 Å². The second kappa shape index (κ2) is 5.67. The maximum absolute atomic E-state index is 11.9. The molecule has 0 bridgehead atoms. The predicted octanol–water partition coefficient (Wildman–Crippen LogP) is 3.26. The number of thiophene rings is 1. The lowest BCUT2D eigenvalue weighted by molar-refractivity contribution is 0.612. The van der Waals surface area contributed by atoms with E-state index in [2.05, 4.69) is 44.7 Å². The lowest BCUT2D eigenvalue weighted by atomic mass is 10.2. The van der Waals surface area contributed by atoms with Gasteiger partial charge in [-0.1, -0.05) is 0 Å². The topological polar surface area (TPSA) is 46.9 Å². The smallest absolute Gasteiger partial charge is 0.283 e. The minimum atomic E-state index is -0.111. The van der Waals surface area contributed by atoms with Crippen LogP contribution in [0.15, 0.2) is 32.3 Å². The van der Waals surface area contributed by atoms with Gasteiger partial charge in [0.25, 0.3) is 5.56 Å². The summed E-state index contributed by atoms with van der Waals surface area (Å²) in [5, 5.41) is 11.5. The number of hydrogen-bond donors (Lipinski definition) is 1. The van der Waals surface area contributed by atoms with Crippen LogP contribution < -0.4 is 10.9 Å². The fourth-order valence-corrected chi connectivity index (χ4v) is 2.80. The molecular formula is C12H14BrN3OS. The maximum Gasteiger partial charge on any atom is 0.283 e. The maximum atomic E-state index is 11.9. The summed E-state index contributed by atoms with van der Waals surface area (Å²) in [5.74, 6) is 0. The number of rotatable bonds is 4. The van der Waals surface area contributed by atoms with Crippen LogP contribution in [0, 0.1) is 0 Å². The molecule has 0 saturated carbocycles. The van der Waals surface area contributed by atoms with E-state index in [4.69, 9.17) is 0 Å². The Bertz CT molecular complexity index is 580. The number of hydrogen-bond acceptors (Lipinski definition) is 4. The van der Waals surface area contributed by atoms with Gasteiger partial charge in [0, 0.05) is 12.6 Å². The molecule has 0 aliphatic carbocycles. The Balaban J connectivity index is 2.25. The van der Waals surface area contributed by atoms with Crippen LogP contribution in [0.1, 0.15) is 25.5 Å². The molecule has 4 nitrogen and oxygen atoms in total. The van der Waals surface area contributed by atoms with Crippen molar-refractivity contribution < 1.29 is 0 Å². The minimum Gasteiger partial charge on any atom is -0.376 e. The van der Waals surface area contributed by atoms with Crippen LogP contribution in [0.25, 0.3) is 0 Å². The summed E-state index contributed by atoms with van der Waals surface area (Å²) in [7, 11) is 0. The Morgan fingerprint density at radius 1 is 1.61 bits per heavy atom. The first kappa shape index (κ1) is 13.3. The molecule has 2 aromatic heterocycles. The number of aromatic nitrogens is 2. The van der Waals surface area contributed by atoms with Crippen molar-refractivity contribution in [3.05, 3.63) is 43.4 Å². The first-order valence-corrected chi connectivity index (χ1v) is 7.41.